The SMILES string of the molecule is COCC(C(C)C)n1c(CCl)nc2cc(Br)cnc21. The van der Waals surface area contributed by atoms with Crippen molar-refractivity contribution < 1.29 is 4.74 Å². The lowest BCUT2D eigenvalue weighted by molar-refractivity contribution is 0.133. The predicted octanol–water partition coefficient (Wildman–Crippen LogP) is 3.78. The van der Waals surface area contributed by atoms with E-state index in [0.717, 1.165) is 21.5 Å². The molecule has 0 saturated carbocycles. The maximum Gasteiger partial charge on any atom is 0.160 e. The molecule has 4 nitrogen and oxygen atoms in total. The predicted molar refractivity (Wildman–Crippen MR) is 80.5 cm³/mol. The zero-order chi connectivity index (χ0) is 14.0. The third-order valence-electron chi connectivity index (χ3n) is 3.13. The summed E-state index contributed by atoms with van der Waals surface area (Å²) in [7, 11) is 1.71. The largest absolute Gasteiger partial charge is 0.383 e. The zero-order valence-electron chi connectivity index (χ0n) is 11.2. The fourth-order valence-electron chi connectivity index (χ4n) is 2.18. The summed E-state index contributed by atoms with van der Waals surface area (Å²) in [5.74, 6) is 1.60. The summed E-state index contributed by atoms with van der Waals surface area (Å²) in [6, 6.07) is 2.14. The maximum atomic E-state index is 6.03. The molecule has 0 spiro atoms. The molecule has 0 bridgehead atoms. The van der Waals surface area contributed by atoms with E-state index in [1.54, 1.807) is 13.3 Å². The number of rotatable bonds is 5. The minimum atomic E-state index is 0.178. The lowest BCUT2D eigenvalue weighted by Crippen LogP contribution is -2.22. The number of hydrogen-bond donors (Lipinski definition) is 0. The summed E-state index contributed by atoms with van der Waals surface area (Å²) in [4.78, 5) is 9.03. The lowest BCUT2D eigenvalue weighted by Gasteiger charge is -2.23. The molecular formula is C13H17BrClN3O. The van der Waals surface area contributed by atoms with Gasteiger partial charge < -0.3 is 9.30 Å². The van der Waals surface area contributed by atoms with Crippen LogP contribution in [-0.2, 0) is 10.6 Å². The Morgan fingerprint density at radius 2 is 2.21 bits per heavy atom. The van der Waals surface area contributed by atoms with Crippen molar-refractivity contribution in [2.24, 2.45) is 5.92 Å². The number of fused-ring (bicyclic) bond motifs is 1. The van der Waals surface area contributed by atoms with E-state index in [4.69, 9.17) is 16.3 Å². The molecule has 0 saturated heterocycles. The van der Waals surface area contributed by atoms with Crippen LogP contribution in [0.4, 0.5) is 0 Å². The summed E-state index contributed by atoms with van der Waals surface area (Å²) in [6.07, 6.45) is 1.78. The van der Waals surface area contributed by atoms with E-state index in [1.165, 1.54) is 0 Å². The van der Waals surface area contributed by atoms with Crippen LogP contribution in [0.5, 0.6) is 0 Å². The number of pyridine rings is 1. The van der Waals surface area contributed by atoms with Crippen LogP contribution in [0.15, 0.2) is 16.7 Å². The highest BCUT2D eigenvalue weighted by atomic mass is 79.9. The minimum Gasteiger partial charge on any atom is -0.383 e. The second-order valence-electron chi connectivity index (χ2n) is 4.79. The van der Waals surface area contributed by atoms with Crippen molar-refractivity contribution in [3.05, 3.63) is 22.6 Å². The third-order valence-corrected chi connectivity index (χ3v) is 3.80. The van der Waals surface area contributed by atoms with Crippen molar-refractivity contribution in [2.75, 3.05) is 13.7 Å². The monoisotopic (exact) mass is 345 g/mol. The van der Waals surface area contributed by atoms with Gasteiger partial charge in [0.05, 0.1) is 18.5 Å². The Labute approximate surface area is 126 Å². The molecule has 0 radical (unpaired) electrons. The van der Waals surface area contributed by atoms with E-state index < -0.39 is 0 Å². The van der Waals surface area contributed by atoms with Gasteiger partial charge in [0.25, 0.3) is 0 Å². The molecule has 0 aliphatic rings. The number of imidazole rings is 1. The van der Waals surface area contributed by atoms with Crippen molar-refractivity contribution in [1.82, 2.24) is 14.5 Å². The van der Waals surface area contributed by atoms with Crippen LogP contribution < -0.4 is 0 Å². The number of halogens is 2. The van der Waals surface area contributed by atoms with Crippen molar-refractivity contribution in [3.63, 3.8) is 0 Å². The van der Waals surface area contributed by atoms with Crippen LogP contribution in [0.3, 0.4) is 0 Å². The second-order valence-corrected chi connectivity index (χ2v) is 5.98. The molecule has 2 rings (SSSR count). The van der Waals surface area contributed by atoms with Gasteiger partial charge in [0.1, 0.15) is 11.3 Å². The standard InChI is InChI=1S/C13H17BrClN3O/c1-8(2)11(7-19-3)18-12(5-15)17-10-4-9(14)6-16-13(10)18/h4,6,8,11H,5,7H2,1-3H3. The van der Waals surface area contributed by atoms with Crippen LogP contribution in [-0.4, -0.2) is 28.3 Å². The number of aromatic nitrogens is 3. The van der Waals surface area contributed by atoms with Gasteiger partial charge in [-0.25, -0.2) is 9.97 Å². The van der Waals surface area contributed by atoms with E-state index in [2.05, 4.69) is 44.3 Å². The van der Waals surface area contributed by atoms with Gasteiger partial charge >= 0.3 is 0 Å². The van der Waals surface area contributed by atoms with Gasteiger partial charge in [0.2, 0.25) is 0 Å². The zero-order valence-corrected chi connectivity index (χ0v) is 13.6. The van der Waals surface area contributed by atoms with E-state index in [1.807, 2.05) is 6.07 Å². The first-order valence-electron chi connectivity index (χ1n) is 6.15. The number of methoxy groups -OCH3 is 1. The molecule has 19 heavy (non-hydrogen) atoms. The highest BCUT2D eigenvalue weighted by molar-refractivity contribution is 9.10. The Balaban J connectivity index is 2.61. The Bertz CT molecular complexity index is 570. The molecule has 2 heterocycles. The second kappa shape index (κ2) is 6.20. The van der Waals surface area contributed by atoms with E-state index in [-0.39, 0.29) is 6.04 Å². The fourth-order valence-corrected chi connectivity index (χ4v) is 2.69. The van der Waals surface area contributed by atoms with Crippen LogP contribution in [0, 0.1) is 5.92 Å². The molecule has 104 valence electrons. The molecule has 1 unspecified atom stereocenters. The average molecular weight is 347 g/mol. The molecule has 0 aromatic carbocycles. The average Bonchev–Trinajstić information content (AvgIpc) is 2.72. The minimum absolute atomic E-state index is 0.178. The summed E-state index contributed by atoms with van der Waals surface area (Å²) < 4.78 is 8.35. The lowest BCUT2D eigenvalue weighted by atomic mass is 10.1. The molecule has 2 aromatic heterocycles. The van der Waals surface area contributed by atoms with Crippen molar-refractivity contribution in [1.29, 1.82) is 0 Å². The first kappa shape index (κ1) is 14.8. The van der Waals surface area contributed by atoms with Gasteiger partial charge in [-0.3, -0.25) is 0 Å². The highest BCUT2D eigenvalue weighted by Gasteiger charge is 2.22. The quantitative estimate of drug-likeness (QED) is 0.774. The van der Waals surface area contributed by atoms with Gasteiger partial charge in [-0.05, 0) is 27.9 Å². The number of ether oxygens (including phenoxy) is 1. The molecule has 0 aliphatic carbocycles. The van der Waals surface area contributed by atoms with Gasteiger partial charge in [0, 0.05) is 17.8 Å². The molecule has 0 amide bonds. The normalized spacial score (nSPS) is 13.4. The van der Waals surface area contributed by atoms with Crippen molar-refractivity contribution in [3.8, 4) is 0 Å². The van der Waals surface area contributed by atoms with E-state index in [9.17, 15) is 0 Å². The number of hydrogen-bond acceptors (Lipinski definition) is 3. The summed E-state index contributed by atoms with van der Waals surface area (Å²) in [5.41, 5.74) is 1.71. The fraction of sp³-hybridized carbons (Fsp3) is 0.538. The van der Waals surface area contributed by atoms with Gasteiger partial charge in [-0.15, -0.1) is 11.6 Å². The molecule has 2 aromatic rings. The Morgan fingerprint density at radius 3 is 2.79 bits per heavy atom. The Hall–Kier alpha value is -0.650. The van der Waals surface area contributed by atoms with Crippen molar-refractivity contribution in [2.45, 2.75) is 25.8 Å². The Kier molecular flexibility index (Phi) is 4.81. The summed E-state index contributed by atoms with van der Waals surface area (Å²) >= 11 is 9.44. The van der Waals surface area contributed by atoms with Crippen LogP contribution in [0.1, 0.15) is 25.7 Å². The van der Waals surface area contributed by atoms with E-state index >= 15 is 0 Å². The van der Waals surface area contributed by atoms with Crippen LogP contribution in [0.25, 0.3) is 11.2 Å². The van der Waals surface area contributed by atoms with Gasteiger partial charge in [0.15, 0.2) is 5.65 Å². The van der Waals surface area contributed by atoms with Gasteiger partial charge in [-0.2, -0.15) is 0 Å². The summed E-state index contributed by atoms with van der Waals surface area (Å²) in [5, 5.41) is 0. The number of nitrogens with zero attached hydrogens (tertiary/aromatic N) is 3. The summed E-state index contributed by atoms with van der Waals surface area (Å²) in [6.45, 7) is 4.93. The highest BCUT2D eigenvalue weighted by Crippen LogP contribution is 2.27. The van der Waals surface area contributed by atoms with Gasteiger partial charge in [-0.1, -0.05) is 13.8 Å². The number of alkyl halides is 1. The molecule has 0 fully saturated rings. The molecule has 0 N–H and O–H groups in total. The maximum absolute atomic E-state index is 6.03. The molecule has 1 atom stereocenters. The molecular weight excluding hydrogens is 330 g/mol. The van der Waals surface area contributed by atoms with Crippen LogP contribution >= 0.6 is 27.5 Å². The molecule has 6 heteroatoms. The first-order chi connectivity index (χ1) is 9.08. The van der Waals surface area contributed by atoms with Crippen molar-refractivity contribution >= 4 is 38.7 Å². The van der Waals surface area contributed by atoms with Crippen LogP contribution in [0.2, 0.25) is 0 Å². The third kappa shape index (κ3) is 2.93. The first-order valence-corrected chi connectivity index (χ1v) is 7.48. The van der Waals surface area contributed by atoms with E-state index in [0.29, 0.717) is 18.4 Å². The smallest absolute Gasteiger partial charge is 0.160 e. The Morgan fingerprint density at radius 1 is 1.47 bits per heavy atom. The molecule has 0 aliphatic heterocycles. The topological polar surface area (TPSA) is 39.9 Å².